The third kappa shape index (κ3) is 6.76. The Morgan fingerprint density at radius 3 is 2.67 bits per heavy atom. The zero-order chi connectivity index (χ0) is 28.1. The first kappa shape index (κ1) is 28.4. The van der Waals surface area contributed by atoms with Crippen LogP contribution in [0.5, 0.6) is 5.88 Å². The van der Waals surface area contributed by atoms with E-state index in [1.54, 1.807) is 36.9 Å². The molecule has 3 aromatic heterocycles. The molecule has 2 aliphatic rings. The number of hydrogen-bond donors (Lipinski definition) is 2. The van der Waals surface area contributed by atoms with Crippen molar-refractivity contribution in [2.75, 3.05) is 31.5 Å². The molecule has 40 heavy (non-hydrogen) atoms. The van der Waals surface area contributed by atoms with E-state index in [1.165, 1.54) is 11.3 Å². The first-order chi connectivity index (χ1) is 19.3. The fourth-order valence-electron chi connectivity index (χ4n) is 5.31. The van der Waals surface area contributed by atoms with E-state index in [4.69, 9.17) is 4.74 Å². The van der Waals surface area contributed by atoms with Crippen LogP contribution in [0.1, 0.15) is 67.0 Å². The van der Waals surface area contributed by atoms with E-state index in [0.717, 1.165) is 38.8 Å². The van der Waals surface area contributed by atoms with Gasteiger partial charge in [0.25, 0.3) is 5.91 Å². The standard InChI is InChI=1S/C27H35N7O4S2/c1-3-38-24-17-28-15-22(31-24)23-16-30-27(39-23)26(35)32-25(18-9-12-34(2)13-10-18)21-14-19(8-11-29-21)33-40(36,37)20-6-4-5-7-20/h8,11,14-18,20,25H,3-7,9-10,12-13H2,1-2H3,(H,29,33)(H,32,35). The van der Waals surface area contributed by atoms with Gasteiger partial charge in [0.2, 0.25) is 15.9 Å². The Labute approximate surface area is 238 Å². The summed E-state index contributed by atoms with van der Waals surface area (Å²) in [7, 11) is -1.40. The monoisotopic (exact) mass is 585 g/mol. The van der Waals surface area contributed by atoms with E-state index in [-0.39, 0.29) is 17.1 Å². The lowest BCUT2D eigenvalue weighted by Crippen LogP contribution is -2.40. The molecular weight excluding hydrogens is 550 g/mol. The lowest BCUT2D eigenvalue weighted by molar-refractivity contribution is 0.0898. The normalized spacial score (nSPS) is 17.9. The maximum Gasteiger partial charge on any atom is 0.280 e. The van der Waals surface area contributed by atoms with Crippen LogP contribution in [0, 0.1) is 5.92 Å². The molecule has 1 unspecified atom stereocenters. The molecule has 1 atom stereocenters. The average Bonchev–Trinajstić information content (AvgIpc) is 3.66. The van der Waals surface area contributed by atoms with Crippen LogP contribution in [0.3, 0.4) is 0 Å². The van der Waals surface area contributed by atoms with Gasteiger partial charge in [-0.15, -0.1) is 11.3 Å². The van der Waals surface area contributed by atoms with Gasteiger partial charge in [0, 0.05) is 12.4 Å². The Morgan fingerprint density at radius 2 is 1.93 bits per heavy atom. The Bertz CT molecular complexity index is 1420. The highest BCUT2D eigenvalue weighted by Crippen LogP contribution is 2.33. The van der Waals surface area contributed by atoms with Crippen LogP contribution in [-0.2, 0) is 10.0 Å². The summed E-state index contributed by atoms with van der Waals surface area (Å²) < 4.78 is 34.1. The number of pyridine rings is 1. The summed E-state index contributed by atoms with van der Waals surface area (Å²) in [5.41, 5.74) is 1.67. The van der Waals surface area contributed by atoms with Crippen molar-refractivity contribution in [1.82, 2.24) is 30.2 Å². The van der Waals surface area contributed by atoms with Crippen LogP contribution in [0.15, 0.2) is 36.9 Å². The minimum atomic E-state index is -3.48. The SMILES string of the molecule is CCOc1cncc(-c2cnc(C(=O)NC(c3cc(NS(=O)(=O)C4CCCC4)ccn3)C3CCN(C)CC3)s2)n1. The first-order valence-corrected chi connectivity index (χ1v) is 16.1. The fraction of sp³-hybridized carbons (Fsp3) is 0.519. The van der Waals surface area contributed by atoms with Gasteiger partial charge in [-0.25, -0.2) is 18.4 Å². The van der Waals surface area contributed by atoms with Crippen LogP contribution in [0.4, 0.5) is 5.69 Å². The molecule has 0 aromatic carbocycles. The quantitative estimate of drug-likeness (QED) is 0.363. The predicted molar refractivity (Wildman–Crippen MR) is 154 cm³/mol. The third-order valence-corrected chi connectivity index (χ3v) is 10.4. The van der Waals surface area contributed by atoms with Crippen LogP contribution in [-0.4, -0.2) is 71.2 Å². The van der Waals surface area contributed by atoms with E-state index >= 15 is 0 Å². The minimum Gasteiger partial charge on any atom is -0.477 e. The van der Waals surface area contributed by atoms with E-state index in [1.807, 2.05) is 6.92 Å². The summed E-state index contributed by atoms with van der Waals surface area (Å²) in [6.07, 6.45) is 11.3. The number of likely N-dealkylation sites (tertiary alicyclic amines) is 1. The summed E-state index contributed by atoms with van der Waals surface area (Å²) in [6, 6.07) is 3.01. The number of nitrogens with one attached hydrogen (secondary N) is 2. The molecule has 1 saturated carbocycles. The van der Waals surface area contributed by atoms with E-state index in [2.05, 4.69) is 41.9 Å². The summed E-state index contributed by atoms with van der Waals surface area (Å²) >= 11 is 1.23. The van der Waals surface area contributed by atoms with Crippen molar-refractivity contribution < 1.29 is 17.9 Å². The second kappa shape index (κ2) is 12.6. The number of aromatic nitrogens is 4. The molecular formula is C27H35N7O4S2. The van der Waals surface area contributed by atoms with Crippen LogP contribution < -0.4 is 14.8 Å². The highest BCUT2D eigenvalue weighted by atomic mass is 32.2. The van der Waals surface area contributed by atoms with Crippen molar-refractivity contribution in [2.45, 2.75) is 56.7 Å². The summed E-state index contributed by atoms with van der Waals surface area (Å²) in [4.78, 5) is 34.0. The van der Waals surface area contributed by atoms with E-state index in [9.17, 15) is 13.2 Å². The Balaban J connectivity index is 1.37. The van der Waals surface area contributed by atoms with E-state index in [0.29, 0.717) is 52.3 Å². The largest absolute Gasteiger partial charge is 0.477 e. The van der Waals surface area contributed by atoms with Gasteiger partial charge in [0.1, 0.15) is 5.69 Å². The molecule has 0 radical (unpaired) electrons. The van der Waals surface area contributed by atoms with Crippen LogP contribution in [0.2, 0.25) is 0 Å². The number of amides is 1. The first-order valence-electron chi connectivity index (χ1n) is 13.7. The lowest BCUT2D eigenvalue weighted by atomic mass is 9.87. The molecule has 214 valence electrons. The number of carbonyl (C=O) groups is 1. The van der Waals surface area contributed by atoms with Gasteiger partial charge in [0.05, 0.1) is 46.6 Å². The van der Waals surface area contributed by atoms with Crippen molar-refractivity contribution in [3.63, 3.8) is 0 Å². The van der Waals surface area contributed by atoms with Crippen molar-refractivity contribution in [1.29, 1.82) is 0 Å². The Hall–Kier alpha value is -3.16. The number of hydrogen-bond acceptors (Lipinski definition) is 10. The molecule has 1 saturated heterocycles. The average molecular weight is 586 g/mol. The molecule has 2 N–H and O–H groups in total. The number of carbonyl (C=O) groups excluding carboxylic acids is 1. The smallest absolute Gasteiger partial charge is 0.280 e. The second-order valence-corrected chi connectivity index (χ2v) is 13.3. The zero-order valence-corrected chi connectivity index (χ0v) is 24.4. The summed E-state index contributed by atoms with van der Waals surface area (Å²) in [5, 5.41) is 3.10. The molecule has 0 bridgehead atoms. The van der Waals surface area contributed by atoms with Gasteiger partial charge >= 0.3 is 0 Å². The van der Waals surface area contributed by atoms with Crippen molar-refractivity contribution >= 4 is 33.0 Å². The maximum atomic E-state index is 13.5. The van der Waals surface area contributed by atoms with Crippen molar-refractivity contribution in [3.05, 3.63) is 47.6 Å². The molecule has 5 rings (SSSR count). The van der Waals surface area contributed by atoms with Gasteiger partial charge in [0.15, 0.2) is 5.01 Å². The number of anilines is 1. The van der Waals surface area contributed by atoms with Crippen molar-refractivity contribution in [3.8, 4) is 16.5 Å². The number of rotatable bonds is 10. The number of nitrogens with zero attached hydrogens (tertiary/aromatic N) is 5. The van der Waals surface area contributed by atoms with Crippen LogP contribution >= 0.6 is 11.3 Å². The maximum absolute atomic E-state index is 13.5. The Morgan fingerprint density at radius 1 is 1.15 bits per heavy atom. The van der Waals surface area contributed by atoms with Gasteiger partial charge in [-0.2, -0.15) is 0 Å². The molecule has 1 aliphatic heterocycles. The number of thiazole rings is 1. The van der Waals surface area contributed by atoms with Gasteiger partial charge in [-0.05, 0) is 70.8 Å². The number of ether oxygens (including phenoxy) is 1. The summed E-state index contributed by atoms with van der Waals surface area (Å²) in [5.74, 6) is 0.242. The second-order valence-electron chi connectivity index (χ2n) is 10.3. The van der Waals surface area contributed by atoms with Crippen molar-refractivity contribution in [2.24, 2.45) is 5.92 Å². The fourth-order valence-corrected chi connectivity index (χ4v) is 7.66. The molecule has 11 nitrogen and oxygen atoms in total. The molecule has 13 heteroatoms. The number of piperidine rings is 1. The molecule has 1 aliphatic carbocycles. The third-order valence-electron chi connectivity index (χ3n) is 7.48. The summed E-state index contributed by atoms with van der Waals surface area (Å²) in [6.45, 7) is 4.16. The zero-order valence-electron chi connectivity index (χ0n) is 22.7. The highest BCUT2D eigenvalue weighted by Gasteiger charge is 2.32. The molecule has 1 amide bonds. The topological polar surface area (TPSA) is 139 Å². The molecule has 0 spiro atoms. The van der Waals surface area contributed by atoms with Gasteiger partial charge < -0.3 is 15.0 Å². The molecule has 2 fully saturated rings. The number of sulfonamides is 1. The van der Waals surface area contributed by atoms with E-state index < -0.39 is 16.1 Å². The Kier molecular flexibility index (Phi) is 8.91. The highest BCUT2D eigenvalue weighted by molar-refractivity contribution is 7.93. The van der Waals surface area contributed by atoms with Gasteiger partial charge in [-0.3, -0.25) is 19.5 Å². The lowest BCUT2D eigenvalue weighted by Gasteiger charge is -2.34. The predicted octanol–water partition coefficient (Wildman–Crippen LogP) is 3.89. The molecule has 3 aromatic rings. The van der Waals surface area contributed by atoms with Crippen LogP contribution in [0.25, 0.3) is 10.6 Å². The molecule has 4 heterocycles. The van der Waals surface area contributed by atoms with Gasteiger partial charge in [-0.1, -0.05) is 12.8 Å². The minimum absolute atomic E-state index is 0.141.